The van der Waals surface area contributed by atoms with E-state index in [4.69, 9.17) is 19.2 Å². The molecular weight excluding hydrogens is 542 g/mol. The minimum absolute atomic E-state index is 0.0201. The van der Waals surface area contributed by atoms with Crippen molar-refractivity contribution in [2.75, 3.05) is 20.3 Å². The van der Waals surface area contributed by atoms with Crippen LogP contribution in [0.5, 0.6) is 17.2 Å². The number of ether oxygens (including phenoxy) is 3. The number of carbonyl (C=O) groups is 1. The number of thioether (sulfide) groups is 1. The van der Waals surface area contributed by atoms with Crippen molar-refractivity contribution in [3.05, 3.63) is 105 Å². The summed E-state index contributed by atoms with van der Waals surface area (Å²) in [7, 11) is 1.61. The van der Waals surface area contributed by atoms with Crippen molar-refractivity contribution in [1.82, 2.24) is 4.90 Å². The average molecular weight is 574 g/mol. The molecule has 0 N–H and O–H groups in total. The van der Waals surface area contributed by atoms with Crippen LogP contribution in [0.3, 0.4) is 0 Å². The Morgan fingerprint density at radius 3 is 2.41 bits per heavy atom. The molecule has 0 spiro atoms. The Kier molecular flexibility index (Phi) is 9.81. The summed E-state index contributed by atoms with van der Waals surface area (Å²) in [6, 6.07) is 17.4. The van der Waals surface area contributed by atoms with Gasteiger partial charge < -0.3 is 14.2 Å². The van der Waals surface area contributed by atoms with Gasteiger partial charge in [0, 0.05) is 24.2 Å². The monoisotopic (exact) mass is 573 g/mol. The molecule has 4 rings (SSSR count). The third kappa shape index (κ3) is 7.15. The normalized spacial score (nSPS) is 14.9. The van der Waals surface area contributed by atoms with Crippen LogP contribution in [-0.4, -0.2) is 41.2 Å². The minimum Gasteiger partial charge on any atom is -0.497 e. The van der Waals surface area contributed by atoms with Crippen LogP contribution in [0, 0.1) is 10.1 Å². The third-order valence-corrected chi connectivity index (χ3v) is 7.15. The van der Waals surface area contributed by atoms with Crippen LogP contribution in [0.1, 0.15) is 30.5 Å². The lowest BCUT2D eigenvalue weighted by atomic mass is 10.0. The number of benzene rings is 3. The van der Waals surface area contributed by atoms with Crippen molar-refractivity contribution < 1.29 is 23.9 Å². The fourth-order valence-corrected chi connectivity index (χ4v) is 5.22. The van der Waals surface area contributed by atoms with Crippen LogP contribution in [0.25, 0.3) is 6.08 Å². The summed E-state index contributed by atoms with van der Waals surface area (Å²) in [6.07, 6.45) is 4.12. The molecule has 0 radical (unpaired) electrons. The van der Waals surface area contributed by atoms with Gasteiger partial charge in [0.25, 0.3) is 11.6 Å². The first-order valence-corrected chi connectivity index (χ1v) is 13.9. The van der Waals surface area contributed by atoms with Gasteiger partial charge in [-0.2, -0.15) is 0 Å². The lowest BCUT2D eigenvalue weighted by molar-refractivity contribution is -0.384. The van der Waals surface area contributed by atoms with Gasteiger partial charge in [-0.1, -0.05) is 6.08 Å². The van der Waals surface area contributed by atoms with Crippen LogP contribution in [0.15, 0.2) is 83.2 Å². The second kappa shape index (κ2) is 13.7. The van der Waals surface area contributed by atoms with Crippen molar-refractivity contribution in [3.63, 3.8) is 0 Å². The summed E-state index contributed by atoms with van der Waals surface area (Å²) in [4.78, 5) is 30.7. The molecule has 1 amide bonds. The summed E-state index contributed by atoms with van der Waals surface area (Å²) < 4.78 is 17.3. The quantitative estimate of drug-likeness (QED) is 0.100. The molecule has 0 unspecified atom stereocenters. The predicted molar refractivity (Wildman–Crippen MR) is 162 cm³/mol. The number of aliphatic imine (C=N–C) groups is 1. The van der Waals surface area contributed by atoms with Gasteiger partial charge in [-0.15, -0.1) is 6.58 Å². The zero-order chi connectivity index (χ0) is 29.4. The fourth-order valence-electron chi connectivity index (χ4n) is 4.16. The van der Waals surface area contributed by atoms with Crippen LogP contribution in [0.2, 0.25) is 0 Å². The van der Waals surface area contributed by atoms with Crippen molar-refractivity contribution in [2.45, 2.75) is 26.9 Å². The number of methoxy groups -OCH3 is 1. The highest BCUT2D eigenvalue weighted by Gasteiger charge is 2.32. The van der Waals surface area contributed by atoms with E-state index in [2.05, 4.69) is 6.58 Å². The summed E-state index contributed by atoms with van der Waals surface area (Å²) in [5.74, 6) is 1.72. The van der Waals surface area contributed by atoms with Gasteiger partial charge in [0.2, 0.25) is 0 Å². The molecule has 10 heteroatoms. The number of amidine groups is 1. The largest absolute Gasteiger partial charge is 0.497 e. The first-order valence-electron chi connectivity index (χ1n) is 13.1. The van der Waals surface area contributed by atoms with Crippen LogP contribution in [0.4, 0.5) is 11.4 Å². The number of nitro groups is 1. The zero-order valence-electron chi connectivity index (χ0n) is 23.2. The van der Waals surface area contributed by atoms with E-state index in [9.17, 15) is 14.9 Å². The number of allylic oxidation sites excluding steroid dienone is 1. The molecule has 1 saturated heterocycles. The summed E-state index contributed by atoms with van der Waals surface area (Å²) in [5, 5.41) is 11.6. The molecule has 0 saturated carbocycles. The Labute approximate surface area is 243 Å². The van der Waals surface area contributed by atoms with Crippen LogP contribution >= 0.6 is 11.8 Å². The maximum absolute atomic E-state index is 13.3. The van der Waals surface area contributed by atoms with E-state index in [1.807, 2.05) is 56.3 Å². The lowest BCUT2D eigenvalue weighted by Crippen LogP contribution is -2.28. The molecule has 1 heterocycles. The van der Waals surface area contributed by atoms with Crippen molar-refractivity contribution in [1.29, 1.82) is 0 Å². The molecule has 1 aliphatic heterocycles. The molecule has 0 aromatic heterocycles. The predicted octanol–water partition coefficient (Wildman–Crippen LogP) is 6.93. The van der Waals surface area contributed by atoms with Gasteiger partial charge in [-0.25, -0.2) is 4.99 Å². The molecule has 1 fully saturated rings. The van der Waals surface area contributed by atoms with E-state index in [1.165, 1.54) is 23.9 Å². The summed E-state index contributed by atoms with van der Waals surface area (Å²) in [5.41, 5.74) is 3.15. The highest BCUT2D eigenvalue weighted by molar-refractivity contribution is 8.18. The topological polar surface area (TPSA) is 104 Å². The molecular formula is C31H31N3O6S. The average Bonchev–Trinajstić information content (AvgIpc) is 3.26. The fraction of sp³-hybridized carbons (Fsp3) is 0.226. The molecule has 3 aromatic rings. The Bertz CT molecular complexity index is 1480. The van der Waals surface area contributed by atoms with Gasteiger partial charge in [0.05, 0.1) is 29.2 Å². The van der Waals surface area contributed by atoms with Crippen molar-refractivity contribution >= 4 is 40.3 Å². The number of nitro benzene ring substituents is 1. The number of hydrogen-bond donors (Lipinski definition) is 0. The molecule has 1 aliphatic rings. The van der Waals surface area contributed by atoms with Crippen LogP contribution in [-0.2, 0) is 17.8 Å². The first-order chi connectivity index (χ1) is 19.9. The highest BCUT2D eigenvalue weighted by atomic mass is 32.2. The molecule has 3 aromatic carbocycles. The molecule has 0 aliphatic carbocycles. The molecule has 41 heavy (non-hydrogen) atoms. The van der Waals surface area contributed by atoms with Crippen LogP contribution < -0.4 is 14.2 Å². The lowest BCUT2D eigenvalue weighted by Gasteiger charge is -2.17. The Hall–Kier alpha value is -4.57. The maximum Gasteiger partial charge on any atom is 0.269 e. The first kappa shape index (κ1) is 29.4. The molecule has 9 nitrogen and oxygen atoms in total. The van der Waals surface area contributed by atoms with E-state index in [1.54, 1.807) is 30.2 Å². The summed E-state index contributed by atoms with van der Waals surface area (Å²) in [6.45, 7) is 8.78. The second-order valence-electron chi connectivity index (χ2n) is 8.90. The maximum atomic E-state index is 13.3. The number of nitrogens with zero attached hydrogens (tertiary/aromatic N) is 3. The van der Waals surface area contributed by atoms with Gasteiger partial charge >= 0.3 is 0 Å². The Morgan fingerprint density at radius 1 is 1.07 bits per heavy atom. The second-order valence-corrected chi connectivity index (χ2v) is 9.91. The standard InChI is InChI=1S/C31H31N3O6S/c1-5-8-23-17-22(18-27(39-7-3)29(23)40-20-21-9-13-25(14-10-21)34(36)37)19-28-30(35)33(6-2)31(41-28)32-24-11-15-26(38-4)16-12-24/h5,9-19H,1,6-8,20H2,2-4H3/b28-19+,32-31?. The van der Waals surface area contributed by atoms with E-state index in [-0.39, 0.29) is 18.2 Å². The molecule has 212 valence electrons. The van der Waals surface area contributed by atoms with Crippen molar-refractivity contribution in [2.24, 2.45) is 4.99 Å². The SMILES string of the molecule is C=CCc1cc(/C=C2/SC(=Nc3ccc(OC)cc3)N(CC)C2=O)cc(OCC)c1OCc1ccc([N+](=O)[O-])cc1. The van der Waals surface area contributed by atoms with Gasteiger partial charge in [0.15, 0.2) is 16.7 Å². The number of carbonyl (C=O) groups excluding carboxylic acids is 1. The number of non-ortho nitro benzene ring substituents is 1. The number of rotatable bonds is 12. The minimum atomic E-state index is -0.436. The number of likely N-dealkylation sites (N-methyl/N-ethyl adjacent to an activating group) is 1. The smallest absolute Gasteiger partial charge is 0.269 e. The van der Waals surface area contributed by atoms with E-state index < -0.39 is 4.92 Å². The zero-order valence-corrected chi connectivity index (χ0v) is 24.0. The van der Waals surface area contributed by atoms with Gasteiger partial charge in [-0.3, -0.25) is 19.8 Å². The van der Waals surface area contributed by atoms with Gasteiger partial charge in [-0.05, 0) is 97.8 Å². The third-order valence-electron chi connectivity index (χ3n) is 6.15. The molecule has 0 bridgehead atoms. The highest BCUT2D eigenvalue weighted by Crippen LogP contribution is 2.38. The Balaban J connectivity index is 1.63. The van der Waals surface area contributed by atoms with E-state index >= 15 is 0 Å². The van der Waals surface area contributed by atoms with Crippen molar-refractivity contribution in [3.8, 4) is 17.2 Å². The van der Waals surface area contributed by atoms with E-state index in [0.29, 0.717) is 41.1 Å². The Morgan fingerprint density at radius 2 is 1.80 bits per heavy atom. The van der Waals surface area contributed by atoms with E-state index in [0.717, 1.165) is 28.1 Å². The number of hydrogen-bond acceptors (Lipinski definition) is 8. The number of amides is 1. The molecule has 0 atom stereocenters. The van der Waals surface area contributed by atoms with Gasteiger partial charge in [0.1, 0.15) is 12.4 Å². The summed E-state index contributed by atoms with van der Waals surface area (Å²) >= 11 is 1.32.